The van der Waals surface area contributed by atoms with Gasteiger partial charge in [-0.05, 0) is 30.3 Å². The molecule has 0 bridgehead atoms. The van der Waals surface area contributed by atoms with Crippen LogP contribution in [0.4, 0.5) is 0 Å². The molecule has 1 aromatic carbocycles. The molecule has 0 fully saturated rings. The Hall–Kier alpha value is -2.13. The maximum Gasteiger partial charge on any atom is 0.153 e. The summed E-state index contributed by atoms with van der Waals surface area (Å²) in [6, 6.07) is 15.7. The van der Waals surface area contributed by atoms with Gasteiger partial charge in [0.25, 0.3) is 0 Å². The lowest BCUT2D eigenvalue weighted by molar-refractivity contribution is 0.559. The summed E-state index contributed by atoms with van der Waals surface area (Å²) in [5, 5.41) is 5.50. The van der Waals surface area contributed by atoms with Crippen LogP contribution in [0.15, 0.2) is 54.7 Å². The fourth-order valence-corrected chi connectivity index (χ4v) is 2.35. The average molecular weight is 312 g/mol. The summed E-state index contributed by atoms with van der Waals surface area (Å²) < 4.78 is 1.89. The monoisotopic (exact) mass is 311 g/mol. The zero-order valence-electron chi connectivity index (χ0n) is 12.9. The Kier molecular flexibility index (Phi) is 3.75. The van der Waals surface area contributed by atoms with E-state index in [9.17, 15) is 0 Å². The first-order valence-electron chi connectivity index (χ1n) is 7.23. The predicted octanol–water partition coefficient (Wildman–Crippen LogP) is 4.89. The van der Waals surface area contributed by atoms with Crippen LogP contribution in [0, 0.1) is 0 Å². The van der Waals surface area contributed by atoms with Gasteiger partial charge in [0.2, 0.25) is 0 Å². The molecular formula is C18H18ClN3. The van der Waals surface area contributed by atoms with E-state index in [1.54, 1.807) is 6.20 Å². The van der Waals surface area contributed by atoms with Crippen LogP contribution >= 0.6 is 11.6 Å². The number of hydrogen-bond donors (Lipinski definition) is 0. The molecule has 0 aliphatic carbocycles. The van der Waals surface area contributed by atoms with E-state index in [0.29, 0.717) is 0 Å². The molecule has 3 rings (SSSR count). The molecular weight excluding hydrogens is 294 g/mol. The lowest BCUT2D eigenvalue weighted by Gasteiger charge is -2.14. The summed E-state index contributed by atoms with van der Waals surface area (Å²) in [5.41, 5.74) is 3.09. The first-order valence-corrected chi connectivity index (χ1v) is 7.61. The topological polar surface area (TPSA) is 30.7 Å². The van der Waals surface area contributed by atoms with Crippen molar-refractivity contribution in [1.82, 2.24) is 14.8 Å². The molecule has 3 nitrogen and oxygen atoms in total. The first kappa shape index (κ1) is 14.8. The van der Waals surface area contributed by atoms with Gasteiger partial charge in [0.05, 0.1) is 11.4 Å². The van der Waals surface area contributed by atoms with Crippen LogP contribution in [0.2, 0.25) is 5.02 Å². The van der Waals surface area contributed by atoms with Gasteiger partial charge >= 0.3 is 0 Å². The molecule has 0 amide bonds. The quantitative estimate of drug-likeness (QED) is 0.675. The van der Waals surface area contributed by atoms with Crippen LogP contribution in [0.5, 0.6) is 0 Å². The van der Waals surface area contributed by atoms with Crippen molar-refractivity contribution in [1.29, 1.82) is 0 Å². The number of pyridine rings is 1. The molecule has 2 heterocycles. The maximum absolute atomic E-state index is 6.00. The van der Waals surface area contributed by atoms with Crippen molar-refractivity contribution in [2.75, 3.05) is 0 Å². The minimum absolute atomic E-state index is 0.0266. The number of halogens is 1. The smallest absolute Gasteiger partial charge is 0.153 e. The molecule has 3 aromatic rings. The van der Waals surface area contributed by atoms with Crippen LogP contribution in [0.3, 0.4) is 0 Å². The van der Waals surface area contributed by atoms with E-state index in [-0.39, 0.29) is 5.41 Å². The molecule has 0 aliphatic heterocycles. The van der Waals surface area contributed by atoms with Crippen molar-refractivity contribution >= 4 is 11.6 Å². The number of benzene rings is 1. The van der Waals surface area contributed by atoms with E-state index >= 15 is 0 Å². The first-order chi connectivity index (χ1) is 10.4. The van der Waals surface area contributed by atoms with Crippen LogP contribution in [-0.2, 0) is 5.41 Å². The Bertz CT molecular complexity index is 768. The SMILES string of the molecule is CC(C)(C)c1cc(-c2ccc(Cl)cc2)n(-c2ccccn2)n1. The molecule has 112 valence electrons. The maximum atomic E-state index is 6.00. The fourth-order valence-electron chi connectivity index (χ4n) is 2.23. The average Bonchev–Trinajstić information content (AvgIpc) is 2.94. The third kappa shape index (κ3) is 2.90. The second-order valence-corrected chi connectivity index (χ2v) is 6.71. The summed E-state index contributed by atoms with van der Waals surface area (Å²) in [6.07, 6.45) is 1.78. The van der Waals surface area contributed by atoms with Gasteiger partial charge in [-0.2, -0.15) is 5.10 Å². The van der Waals surface area contributed by atoms with Crippen molar-refractivity contribution < 1.29 is 0 Å². The highest BCUT2D eigenvalue weighted by Gasteiger charge is 2.21. The third-order valence-corrected chi connectivity index (χ3v) is 3.74. The molecule has 4 heteroatoms. The molecule has 0 saturated heterocycles. The highest BCUT2D eigenvalue weighted by atomic mass is 35.5. The summed E-state index contributed by atoms with van der Waals surface area (Å²) in [4.78, 5) is 4.42. The Morgan fingerprint density at radius 2 is 1.73 bits per heavy atom. The summed E-state index contributed by atoms with van der Waals surface area (Å²) >= 11 is 6.00. The number of rotatable bonds is 2. The normalized spacial score (nSPS) is 11.6. The highest BCUT2D eigenvalue weighted by Crippen LogP contribution is 2.29. The van der Waals surface area contributed by atoms with Crippen LogP contribution < -0.4 is 0 Å². The second kappa shape index (κ2) is 5.58. The lowest BCUT2D eigenvalue weighted by Crippen LogP contribution is -2.12. The summed E-state index contributed by atoms with van der Waals surface area (Å²) in [5.74, 6) is 0.808. The molecule has 0 unspecified atom stereocenters. The number of aromatic nitrogens is 3. The molecule has 22 heavy (non-hydrogen) atoms. The van der Waals surface area contributed by atoms with Gasteiger partial charge in [0, 0.05) is 22.2 Å². The molecule has 0 spiro atoms. The zero-order chi connectivity index (χ0) is 15.7. The van der Waals surface area contributed by atoms with E-state index < -0.39 is 0 Å². The number of nitrogens with zero attached hydrogens (tertiary/aromatic N) is 3. The third-order valence-electron chi connectivity index (χ3n) is 3.48. The van der Waals surface area contributed by atoms with Crippen molar-refractivity contribution in [3.8, 4) is 17.1 Å². The lowest BCUT2D eigenvalue weighted by atomic mass is 9.92. The standard InChI is InChI=1S/C18H18ClN3/c1-18(2,3)16-12-15(13-7-9-14(19)10-8-13)22(21-16)17-6-4-5-11-20-17/h4-12H,1-3H3. The molecule has 0 radical (unpaired) electrons. The van der Waals surface area contributed by atoms with E-state index in [0.717, 1.165) is 27.8 Å². The minimum Gasteiger partial charge on any atom is -0.237 e. The Morgan fingerprint density at radius 3 is 2.32 bits per heavy atom. The Balaban J connectivity index is 2.19. The van der Waals surface area contributed by atoms with Crippen molar-refractivity contribution in [2.24, 2.45) is 0 Å². The van der Waals surface area contributed by atoms with Gasteiger partial charge in [0.1, 0.15) is 0 Å². The highest BCUT2D eigenvalue weighted by molar-refractivity contribution is 6.30. The van der Waals surface area contributed by atoms with Crippen LogP contribution in [0.1, 0.15) is 26.5 Å². The van der Waals surface area contributed by atoms with Gasteiger partial charge in [-0.15, -0.1) is 0 Å². The molecule has 0 atom stereocenters. The van der Waals surface area contributed by atoms with E-state index in [1.165, 1.54) is 0 Å². The molecule has 0 aliphatic rings. The van der Waals surface area contributed by atoms with Crippen LogP contribution in [0.25, 0.3) is 17.1 Å². The minimum atomic E-state index is -0.0266. The van der Waals surface area contributed by atoms with E-state index in [1.807, 2.05) is 47.1 Å². The van der Waals surface area contributed by atoms with Crippen molar-refractivity contribution in [3.63, 3.8) is 0 Å². The van der Waals surface area contributed by atoms with Gasteiger partial charge in [0.15, 0.2) is 5.82 Å². The second-order valence-electron chi connectivity index (χ2n) is 6.27. The van der Waals surface area contributed by atoms with Crippen LogP contribution in [-0.4, -0.2) is 14.8 Å². The van der Waals surface area contributed by atoms with E-state index in [2.05, 4.69) is 31.8 Å². The van der Waals surface area contributed by atoms with E-state index in [4.69, 9.17) is 16.7 Å². The van der Waals surface area contributed by atoms with Gasteiger partial charge in [-0.25, -0.2) is 9.67 Å². The summed E-state index contributed by atoms with van der Waals surface area (Å²) in [6.45, 7) is 6.47. The fraction of sp³-hybridized carbons (Fsp3) is 0.222. The molecule has 0 saturated carbocycles. The molecule has 0 N–H and O–H groups in total. The summed E-state index contributed by atoms with van der Waals surface area (Å²) in [7, 11) is 0. The van der Waals surface area contributed by atoms with Crippen molar-refractivity contribution in [3.05, 3.63) is 65.4 Å². The van der Waals surface area contributed by atoms with Gasteiger partial charge in [-0.1, -0.05) is 50.6 Å². The largest absolute Gasteiger partial charge is 0.237 e. The van der Waals surface area contributed by atoms with Crippen molar-refractivity contribution in [2.45, 2.75) is 26.2 Å². The van der Waals surface area contributed by atoms with Gasteiger partial charge in [-0.3, -0.25) is 0 Å². The molecule has 2 aromatic heterocycles. The number of hydrogen-bond acceptors (Lipinski definition) is 2. The van der Waals surface area contributed by atoms with Gasteiger partial charge < -0.3 is 0 Å². The Morgan fingerprint density at radius 1 is 1.00 bits per heavy atom. The Labute approximate surface area is 135 Å². The zero-order valence-corrected chi connectivity index (χ0v) is 13.7. The predicted molar refractivity (Wildman–Crippen MR) is 90.5 cm³/mol.